The summed E-state index contributed by atoms with van der Waals surface area (Å²) in [6, 6.07) is 5.10. The van der Waals surface area contributed by atoms with E-state index in [-0.39, 0.29) is 23.1 Å². The van der Waals surface area contributed by atoms with E-state index in [2.05, 4.69) is 10.6 Å². The van der Waals surface area contributed by atoms with Crippen LogP contribution in [0.15, 0.2) is 18.2 Å². The molecule has 3 rings (SSSR count). The van der Waals surface area contributed by atoms with Gasteiger partial charge in [0.15, 0.2) is 9.84 Å². The van der Waals surface area contributed by atoms with Crippen LogP contribution in [0.3, 0.4) is 0 Å². The van der Waals surface area contributed by atoms with E-state index in [9.17, 15) is 13.2 Å². The van der Waals surface area contributed by atoms with Gasteiger partial charge in [-0.1, -0.05) is 12.1 Å². The van der Waals surface area contributed by atoms with E-state index in [1.165, 1.54) is 5.56 Å². The van der Waals surface area contributed by atoms with Gasteiger partial charge < -0.3 is 15.4 Å². The zero-order valence-electron chi connectivity index (χ0n) is 13.2. The second-order valence-electron chi connectivity index (χ2n) is 6.26. The molecule has 1 saturated heterocycles. The molecule has 2 aliphatic heterocycles. The summed E-state index contributed by atoms with van der Waals surface area (Å²) >= 11 is 0. The average Bonchev–Trinajstić information content (AvgIpc) is 2.51. The standard InChI is InChI=1S/C16H22N2O4S/c1-11-5-6-13(10-23(11,20)21)17-16(19)18-15-4-2-3-12-7-8-22-9-14(12)15/h2-4,11,13H,5-10H2,1H3,(H2,17,18,19). The first-order valence-electron chi connectivity index (χ1n) is 7.93. The summed E-state index contributed by atoms with van der Waals surface area (Å²) in [5, 5.41) is 5.29. The van der Waals surface area contributed by atoms with Crippen molar-refractivity contribution in [2.45, 2.75) is 44.1 Å². The Bertz CT molecular complexity index is 702. The van der Waals surface area contributed by atoms with Crippen molar-refractivity contribution < 1.29 is 17.9 Å². The SMILES string of the molecule is CC1CCC(NC(=O)Nc2cccc3c2COCC3)CS1(=O)=O. The minimum Gasteiger partial charge on any atom is -0.376 e. The molecule has 1 fully saturated rings. The number of sulfone groups is 1. The molecular formula is C16H22N2O4S. The van der Waals surface area contributed by atoms with Crippen molar-refractivity contribution in [2.24, 2.45) is 0 Å². The molecule has 0 saturated carbocycles. The molecule has 1 aromatic rings. The van der Waals surface area contributed by atoms with E-state index >= 15 is 0 Å². The van der Waals surface area contributed by atoms with Crippen molar-refractivity contribution in [3.05, 3.63) is 29.3 Å². The van der Waals surface area contributed by atoms with Crippen molar-refractivity contribution in [2.75, 3.05) is 17.7 Å². The second kappa shape index (κ2) is 6.49. The number of rotatable bonds is 2. The maximum Gasteiger partial charge on any atom is 0.319 e. The van der Waals surface area contributed by atoms with Crippen LogP contribution in [0.2, 0.25) is 0 Å². The third-order valence-electron chi connectivity index (χ3n) is 4.59. The van der Waals surface area contributed by atoms with Crippen LogP contribution in [-0.4, -0.2) is 38.1 Å². The molecule has 126 valence electrons. The van der Waals surface area contributed by atoms with E-state index in [1.54, 1.807) is 6.92 Å². The number of carbonyl (C=O) groups is 1. The zero-order chi connectivity index (χ0) is 16.4. The number of amides is 2. The number of ether oxygens (including phenoxy) is 1. The summed E-state index contributed by atoms with van der Waals surface area (Å²) in [4.78, 5) is 12.2. The van der Waals surface area contributed by atoms with Crippen molar-refractivity contribution >= 4 is 21.6 Å². The van der Waals surface area contributed by atoms with Gasteiger partial charge in [-0.3, -0.25) is 0 Å². The van der Waals surface area contributed by atoms with E-state index in [4.69, 9.17) is 4.74 Å². The molecule has 0 radical (unpaired) electrons. The first-order valence-corrected chi connectivity index (χ1v) is 9.65. The van der Waals surface area contributed by atoms with E-state index in [0.29, 0.717) is 26.1 Å². The van der Waals surface area contributed by atoms with Crippen molar-refractivity contribution in [3.8, 4) is 0 Å². The summed E-state index contributed by atoms with van der Waals surface area (Å²) < 4.78 is 29.3. The van der Waals surface area contributed by atoms with Crippen LogP contribution in [0.5, 0.6) is 0 Å². The number of anilines is 1. The molecule has 2 amide bonds. The van der Waals surface area contributed by atoms with Gasteiger partial charge in [-0.25, -0.2) is 13.2 Å². The summed E-state index contributed by atoms with van der Waals surface area (Å²) in [5.41, 5.74) is 2.91. The molecule has 2 atom stereocenters. The van der Waals surface area contributed by atoms with Crippen LogP contribution in [0, 0.1) is 0 Å². The van der Waals surface area contributed by atoms with Gasteiger partial charge in [0.05, 0.1) is 24.2 Å². The summed E-state index contributed by atoms with van der Waals surface area (Å²) in [6.45, 7) is 2.91. The van der Waals surface area contributed by atoms with Gasteiger partial charge >= 0.3 is 6.03 Å². The molecular weight excluding hydrogens is 316 g/mol. The first-order chi connectivity index (χ1) is 11.0. The third-order valence-corrected chi connectivity index (χ3v) is 6.92. The average molecular weight is 338 g/mol. The van der Waals surface area contributed by atoms with Gasteiger partial charge in [0.1, 0.15) is 0 Å². The molecule has 0 bridgehead atoms. The monoisotopic (exact) mass is 338 g/mol. The lowest BCUT2D eigenvalue weighted by Crippen LogP contribution is -2.47. The minimum atomic E-state index is -3.11. The molecule has 2 N–H and O–H groups in total. The fourth-order valence-corrected chi connectivity index (χ4v) is 4.75. The Morgan fingerprint density at radius 3 is 2.91 bits per heavy atom. The fourth-order valence-electron chi connectivity index (χ4n) is 3.11. The fraction of sp³-hybridized carbons (Fsp3) is 0.562. The molecule has 2 aliphatic rings. The number of carbonyl (C=O) groups excluding carboxylic acids is 1. The number of fused-ring (bicyclic) bond motifs is 1. The highest BCUT2D eigenvalue weighted by atomic mass is 32.2. The Hall–Kier alpha value is -1.60. The Morgan fingerprint density at radius 2 is 2.13 bits per heavy atom. The third kappa shape index (κ3) is 3.67. The predicted octanol–water partition coefficient (Wildman–Crippen LogP) is 1.85. The highest BCUT2D eigenvalue weighted by Gasteiger charge is 2.32. The largest absolute Gasteiger partial charge is 0.376 e. The lowest BCUT2D eigenvalue weighted by atomic mass is 10.0. The van der Waals surface area contributed by atoms with Crippen molar-refractivity contribution in [1.82, 2.24) is 5.32 Å². The molecule has 0 aromatic heterocycles. The van der Waals surface area contributed by atoms with Gasteiger partial charge in [0, 0.05) is 17.3 Å². The van der Waals surface area contributed by atoms with Crippen LogP contribution in [-0.2, 0) is 27.6 Å². The number of nitrogens with one attached hydrogen (secondary N) is 2. The highest BCUT2D eigenvalue weighted by Crippen LogP contribution is 2.25. The van der Waals surface area contributed by atoms with Crippen LogP contribution < -0.4 is 10.6 Å². The quantitative estimate of drug-likeness (QED) is 0.862. The van der Waals surface area contributed by atoms with Gasteiger partial charge in [0.25, 0.3) is 0 Å². The Labute approximate surface area is 136 Å². The van der Waals surface area contributed by atoms with Gasteiger partial charge in [-0.2, -0.15) is 0 Å². The molecule has 23 heavy (non-hydrogen) atoms. The van der Waals surface area contributed by atoms with Crippen molar-refractivity contribution in [1.29, 1.82) is 0 Å². The maximum atomic E-state index is 12.2. The number of urea groups is 1. The smallest absolute Gasteiger partial charge is 0.319 e. The predicted molar refractivity (Wildman–Crippen MR) is 88.2 cm³/mol. The molecule has 6 nitrogen and oxygen atoms in total. The maximum absolute atomic E-state index is 12.2. The summed E-state index contributed by atoms with van der Waals surface area (Å²) in [7, 11) is -3.11. The van der Waals surface area contributed by atoms with Crippen molar-refractivity contribution in [3.63, 3.8) is 0 Å². The lowest BCUT2D eigenvalue weighted by molar-refractivity contribution is 0.111. The van der Waals surface area contributed by atoms with Crippen LogP contribution in [0.1, 0.15) is 30.9 Å². The van der Waals surface area contributed by atoms with Crippen LogP contribution >= 0.6 is 0 Å². The molecule has 0 aliphatic carbocycles. The Balaban J connectivity index is 1.64. The molecule has 7 heteroatoms. The summed E-state index contributed by atoms with van der Waals surface area (Å²) in [5.74, 6) is 0.0115. The second-order valence-corrected chi connectivity index (χ2v) is 8.72. The number of hydrogen-bond acceptors (Lipinski definition) is 4. The zero-order valence-corrected chi connectivity index (χ0v) is 14.0. The topological polar surface area (TPSA) is 84.5 Å². The lowest BCUT2D eigenvalue weighted by Gasteiger charge is -2.27. The molecule has 2 unspecified atom stereocenters. The van der Waals surface area contributed by atoms with Crippen LogP contribution in [0.25, 0.3) is 0 Å². The van der Waals surface area contributed by atoms with Gasteiger partial charge in [0.2, 0.25) is 0 Å². The molecule has 1 aromatic carbocycles. The molecule has 0 spiro atoms. The minimum absolute atomic E-state index is 0.0115. The normalized spacial score (nSPS) is 26.1. The van der Waals surface area contributed by atoms with Crippen LogP contribution in [0.4, 0.5) is 10.5 Å². The Morgan fingerprint density at radius 1 is 1.30 bits per heavy atom. The number of benzene rings is 1. The van der Waals surface area contributed by atoms with Gasteiger partial charge in [-0.05, 0) is 37.8 Å². The first kappa shape index (κ1) is 16.3. The van der Waals surface area contributed by atoms with E-state index < -0.39 is 9.84 Å². The van der Waals surface area contributed by atoms with E-state index in [1.807, 2.05) is 18.2 Å². The summed E-state index contributed by atoms with van der Waals surface area (Å²) in [6.07, 6.45) is 2.11. The Kier molecular flexibility index (Phi) is 4.59. The molecule has 2 heterocycles. The van der Waals surface area contributed by atoms with Gasteiger partial charge in [-0.15, -0.1) is 0 Å². The highest BCUT2D eigenvalue weighted by molar-refractivity contribution is 7.92. The van der Waals surface area contributed by atoms with E-state index in [0.717, 1.165) is 17.7 Å². The number of hydrogen-bond donors (Lipinski definition) is 2.